The fourth-order valence-corrected chi connectivity index (χ4v) is 3.84. The zero-order chi connectivity index (χ0) is 17.6. The second-order valence-electron chi connectivity index (χ2n) is 7.27. The molecule has 3 rings (SSSR count). The molecule has 6 heteroatoms. The first-order valence-electron chi connectivity index (χ1n) is 9.48. The molecule has 2 heterocycles. The van der Waals surface area contributed by atoms with Crippen molar-refractivity contribution in [3.05, 3.63) is 24.2 Å². The van der Waals surface area contributed by atoms with E-state index in [9.17, 15) is 9.59 Å². The summed E-state index contributed by atoms with van der Waals surface area (Å²) in [5.41, 5.74) is 0. The summed E-state index contributed by atoms with van der Waals surface area (Å²) < 4.78 is 5.23. The highest BCUT2D eigenvalue weighted by Gasteiger charge is 2.30. The second-order valence-corrected chi connectivity index (χ2v) is 7.27. The zero-order valence-electron chi connectivity index (χ0n) is 15.0. The van der Waals surface area contributed by atoms with Crippen molar-refractivity contribution in [3.8, 4) is 0 Å². The zero-order valence-corrected chi connectivity index (χ0v) is 15.0. The van der Waals surface area contributed by atoms with Gasteiger partial charge in [0.25, 0.3) is 0 Å². The van der Waals surface area contributed by atoms with Gasteiger partial charge in [-0.15, -0.1) is 0 Å². The highest BCUT2D eigenvalue weighted by Crippen LogP contribution is 2.21. The summed E-state index contributed by atoms with van der Waals surface area (Å²) in [5, 5.41) is 6.11. The van der Waals surface area contributed by atoms with Crippen molar-refractivity contribution in [2.45, 2.75) is 64.1 Å². The van der Waals surface area contributed by atoms with Gasteiger partial charge < -0.3 is 15.1 Å². The highest BCUT2D eigenvalue weighted by molar-refractivity contribution is 5.82. The third-order valence-corrected chi connectivity index (χ3v) is 5.55. The van der Waals surface area contributed by atoms with Crippen LogP contribution in [0.4, 0.5) is 0 Å². The minimum atomic E-state index is -0.118. The predicted octanol–water partition coefficient (Wildman–Crippen LogP) is 2.06. The molecule has 2 N–H and O–H groups in total. The molecule has 1 aromatic heterocycles. The number of rotatable bonds is 6. The van der Waals surface area contributed by atoms with Gasteiger partial charge >= 0.3 is 0 Å². The molecule has 1 saturated carbocycles. The molecule has 2 aliphatic rings. The molecule has 1 atom stereocenters. The first-order chi connectivity index (χ1) is 12.1. The average Bonchev–Trinajstić information content (AvgIpc) is 3.33. The molecule has 0 radical (unpaired) electrons. The number of hydrogen-bond donors (Lipinski definition) is 2. The Kier molecular flexibility index (Phi) is 6.13. The fraction of sp³-hybridized carbons (Fsp3) is 0.684. The van der Waals surface area contributed by atoms with Crippen LogP contribution in [0.25, 0.3) is 0 Å². The van der Waals surface area contributed by atoms with E-state index in [1.165, 1.54) is 12.8 Å². The lowest BCUT2D eigenvalue weighted by atomic mass is 9.95. The minimum Gasteiger partial charge on any atom is -0.467 e. The molecule has 1 aliphatic carbocycles. The molecular weight excluding hydrogens is 318 g/mol. The van der Waals surface area contributed by atoms with Crippen LogP contribution in [0.3, 0.4) is 0 Å². The largest absolute Gasteiger partial charge is 0.467 e. The highest BCUT2D eigenvalue weighted by atomic mass is 16.3. The quantitative estimate of drug-likeness (QED) is 0.826. The number of nitrogens with zero attached hydrogens (tertiary/aromatic N) is 1. The predicted molar refractivity (Wildman–Crippen MR) is 94.7 cm³/mol. The lowest BCUT2D eigenvalue weighted by Gasteiger charge is -2.35. The van der Waals surface area contributed by atoms with Crippen LogP contribution in [0.5, 0.6) is 0 Å². The topological polar surface area (TPSA) is 74.6 Å². The molecule has 6 nitrogen and oxygen atoms in total. The first-order valence-corrected chi connectivity index (χ1v) is 9.48. The Balaban J connectivity index is 1.39. The smallest absolute Gasteiger partial charge is 0.237 e. The normalized spacial score (nSPS) is 21.2. The lowest BCUT2D eigenvalue weighted by molar-refractivity contribution is -0.129. The molecule has 1 aliphatic heterocycles. The van der Waals surface area contributed by atoms with Gasteiger partial charge in [-0.25, -0.2) is 0 Å². The number of nitrogens with one attached hydrogen (secondary N) is 2. The van der Waals surface area contributed by atoms with Crippen LogP contribution in [-0.4, -0.2) is 41.9 Å². The molecule has 1 saturated heterocycles. The molecule has 2 amide bonds. The molecule has 138 valence electrons. The van der Waals surface area contributed by atoms with Crippen LogP contribution >= 0.6 is 0 Å². The fourth-order valence-electron chi connectivity index (χ4n) is 3.84. The van der Waals surface area contributed by atoms with E-state index in [1.807, 2.05) is 19.1 Å². The number of hydrogen-bond acceptors (Lipinski definition) is 4. The Morgan fingerprint density at radius 2 is 1.96 bits per heavy atom. The van der Waals surface area contributed by atoms with Gasteiger partial charge in [0.05, 0.1) is 18.8 Å². The van der Waals surface area contributed by atoms with E-state index in [1.54, 1.807) is 6.26 Å². The number of likely N-dealkylation sites (tertiary alicyclic amines) is 1. The van der Waals surface area contributed by atoms with Crippen LogP contribution < -0.4 is 10.6 Å². The van der Waals surface area contributed by atoms with Crippen LogP contribution in [0.15, 0.2) is 22.8 Å². The maximum absolute atomic E-state index is 12.4. The van der Waals surface area contributed by atoms with Gasteiger partial charge in [0.2, 0.25) is 11.8 Å². The van der Waals surface area contributed by atoms with E-state index in [4.69, 9.17) is 4.42 Å². The third kappa shape index (κ3) is 4.84. The van der Waals surface area contributed by atoms with Crippen LogP contribution in [-0.2, 0) is 16.1 Å². The summed E-state index contributed by atoms with van der Waals surface area (Å²) >= 11 is 0. The van der Waals surface area contributed by atoms with Gasteiger partial charge in [-0.1, -0.05) is 12.8 Å². The van der Waals surface area contributed by atoms with E-state index in [0.717, 1.165) is 44.5 Å². The van der Waals surface area contributed by atoms with Crippen molar-refractivity contribution in [2.75, 3.05) is 13.1 Å². The molecule has 25 heavy (non-hydrogen) atoms. The number of furan rings is 1. The summed E-state index contributed by atoms with van der Waals surface area (Å²) in [7, 11) is 0. The Morgan fingerprint density at radius 1 is 1.24 bits per heavy atom. The number of carbonyl (C=O) groups excluding carboxylic acids is 2. The maximum Gasteiger partial charge on any atom is 0.237 e. The van der Waals surface area contributed by atoms with E-state index in [0.29, 0.717) is 12.6 Å². The van der Waals surface area contributed by atoms with Crippen molar-refractivity contribution >= 4 is 11.8 Å². The molecule has 0 aromatic carbocycles. The Labute approximate surface area is 149 Å². The third-order valence-electron chi connectivity index (χ3n) is 5.55. The van der Waals surface area contributed by atoms with Crippen molar-refractivity contribution in [3.63, 3.8) is 0 Å². The Bertz CT molecular complexity index is 558. The summed E-state index contributed by atoms with van der Waals surface area (Å²) in [5.74, 6) is 1.01. The van der Waals surface area contributed by atoms with Crippen LogP contribution in [0.1, 0.15) is 51.2 Å². The van der Waals surface area contributed by atoms with E-state index >= 15 is 0 Å². The molecular formula is C19H29N3O3. The summed E-state index contributed by atoms with van der Waals surface area (Å²) in [6.07, 6.45) is 7.86. The number of carbonyl (C=O) groups is 2. The molecule has 0 bridgehead atoms. The maximum atomic E-state index is 12.4. The van der Waals surface area contributed by atoms with E-state index in [2.05, 4.69) is 15.5 Å². The van der Waals surface area contributed by atoms with Crippen LogP contribution in [0, 0.1) is 5.92 Å². The lowest BCUT2D eigenvalue weighted by Crippen LogP contribution is -2.51. The van der Waals surface area contributed by atoms with Gasteiger partial charge in [-0.3, -0.25) is 14.5 Å². The van der Waals surface area contributed by atoms with Crippen LogP contribution in [0.2, 0.25) is 0 Å². The monoisotopic (exact) mass is 347 g/mol. The van der Waals surface area contributed by atoms with Gasteiger partial charge in [-0.05, 0) is 57.8 Å². The standard InChI is InChI=1S/C19H29N3O3/c1-14(18(23)21-16-5-2-3-6-16)22-10-8-15(9-11-22)19(24)20-13-17-7-4-12-25-17/h4,7,12,14-16H,2-3,5-6,8-11,13H2,1H3,(H,20,24)(H,21,23)/t14-/m1/s1. The van der Waals surface area contributed by atoms with Gasteiger partial charge in [0.1, 0.15) is 5.76 Å². The number of amides is 2. The minimum absolute atomic E-state index is 0.0244. The van der Waals surface area contributed by atoms with Crippen molar-refractivity contribution in [1.82, 2.24) is 15.5 Å². The molecule has 0 unspecified atom stereocenters. The van der Waals surface area contributed by atoms with Crippen molar-refractivity contribution in [2.24, 2.45) is 5.92 Å². The van der Waals surface area contributed by atoms with Gasteiger partial charge in [0, 0.05) is 12.0 Å². The Hall–Kier alpha value is -1.82. The molecule has 2 fully saturated rings. The first kappa shape index (κ1) is 18.0. The van der Waals surface area contributed by atoms with E-state index < -0.39 is 0 Å². The van der Waals surface area contributed by atoms with Crippen molar-refractivity contribution < 1.29 is 14.0 Å². The summed E-state index contributed by atoms with van der Waals surface area (Å²) in [4.78, 5) is 26.9. The Morgan fingerprint density at radius 3 is 2.60 bits per heavy atom. The van der Waals surface area contributed by atoms with E-state index in [-0.39, 0.29) is 23.8 Å². The average molecular weight is 347 g/mol. The van der Waals surface area contributed by atoms with Gasteiger partial charge in [-0.2, -0.15) is 0 Å². The number of piperidine rings is 1. The molecule has 0 spiro atoms. The van der Waals surface area contributed by atoms with Crippen molar-refractivity contribution in [1.29, 1.82) is 0 Å². The summed E-state index contributed by atoms with van der Waals surface area (Å²) in [6, 6.07) is 3.92. The van der Waals surface area contributed by atoms with Gasteiger partial charge in [0.15, 0.2) is 0 Å². The SMILES string of the molecule is C[C@H](C(=O)NC1CCCC1)N1CCC(C(=O)NCc2ccco2)CC1. The summed E-state index contributed by atoms with van der Waals surface area (Å²) in [6.45, 7) is 3.99. The second kappa shape index (κ2) is 8.52. The molecule has 1 aromatic rings.